The minimum absolute atomic E-state index is 0.0104. The molecule has 0 saturated heterocycles. The molecule has 3 rings (SSSR count). The first-order valence-corrected chi connectivity index (χ1v) is 14.6. The first-order valence-electron chi connectivity index (χ1n) is 12.4. The van der Waals surface area contributed by atoms with Gasteiger partial charge in [0, 0.05) is 13.1 Å². The van der Waals surface area contributed by atoms with E-state index in [-0.39, 0.29) is 23.0 Å². The molecule has 3 aromatic rings. The van der Waals surface area contributed by atoms with E-state index >= 15 is 0 Å². The number of nitrogens with one attached hydrogen (secondary N) is 1. The topological polar surface area (TPSA) is 96.0 Å². The number of carbonyl (C=O) groups excluding carboxylic acids is 2. The number of halogens is 2. The van der Waals surface area contributed by atoms with E-state index in [1.807, 2.05) is 6.92 Å². The molecule has 0 aliphatic rings. The Hall–Kier alpha value is -3.27. The maximum Gasteiger partial charge on any atom is 0.264 e. The van der Waals surface area contributed by atoms with Crippen LogP contribution < -0.4 is 14.4 Å². The van der Waals surface area contributed by atoms with Gasteiger partial charge in [0.1, 0.15) is 18.3 Å². The van der Waals surface area contributed by atoms with Crippen LogP contribution >= 0.6 is 23.2 Å². The molecule has 0 fully saturated rings. The fourth-order valence-corrected chi connectivity index (χ4v) is 5.62. The van der Waals surface area contributed by atoms with E-state index in [1.165, 1.54) is 17.0 Å². The van der Waals surface area contributed by atoms with Crippen molar-refractivity contribution in [1.29, 1.82) is 0 Å². The van der Waals surface area contributed by atoms with Gasteiger partial charge in [0.15, 0.2) is 0 Å². The van der Waals surface area contributed by atoms with Crippen molar-refractivity contribution in [1.82, 2.24) is 10.2 Å². The number of hydrogen-bond acceptors (Lipinski definition) is 5. The SMILES string of the molecule is CCNC(=O)[C@H](C)N(Cc1ccc(Cl)c(Cl)c1)C(=O)CN(c1ccc(OCC)cc1)S(=O)(=O)c1ccccc1. The molecule has 8 nitrogen and oxygen atoms in total. The lowest BCUT2D eigenvalue weighted by molar-refractivity contribution is -0.139. The summed E-state index contributed by atoms with van der Waals surface area (Å²) in [4.78, 5) is 28.0. The molecule has 1 atom stereocenters. The van der Waals surface area contributed by atoms with Gasteiger partial charge in [0.2, 0.25) is 11.8 Å². The molecule has 208 valence electrons. The van der Waals surface area contributed by atoms with Gasteiger partial charge in [-0.1, -0.05) is 47.5 Å². The first-order chi connectivity index (χ1) is 18.6. The van der Waals surface area contributed by atoms with E-state index in [1.54, 1.807) is 74.5 Å². The molecule has 0 aromatic heterocycles. The molecule has 3 aromatic carbocycles. The van der Waals surface area contributed by atoms with Crippen molar-refractivity contribution in [2.75, 3.05) is 24.0 Å². The Morgan fingerprint density at radius 3 is 2.21 bits per heavy atom. The molecule has 0 saturated carbocycles. The van der Waals surface area contributed by atoms with Crippen molar-refractivity contribution in [3.05, 3.63) is 88.4 Å². The summed E-state index contributed by atoms with van der Waals surface area (Å²) in [5.74, 6) is -0.381. The lowest BCUT2D eigenvalue weighted by Gasteiger charge is -2.32. The molecule has 0 heterocycles. The summed E-state index contributed by atoms with van der Waals surface area (Å²) in [5.41, 5.74) is 0.906. The van der Waals surface area contributed by atoms with Crippen molar-refractivity contribution in [3.63, 3.8) is 0 Å². The third-order valence-electron chi connectivity index (χ3n) is 5.90. The molecule has 0 spiro atoms. The number of ether oxygens (including phenoxy) is 1. The van der Waals surface area contributed by atoms with Gasteiger partial charge in [0.05, 0.1) is 27.2 Å². The predicted octanol–water partition coefficient (Wildman–Crippen LogP) is 5.14. The summed E-state index contributed by atoms with van der Waals surface area (Å²) < 4.78 is 34.0. The molecule has 1 N–H and O–H groups in total. The number of sulfonamides is 1. The Labute approximate surface area is 239 Å². The summed E-state index contributed by atoms with van der Waals surface area (Å²) in [6, 6.07) is 18.3. The lowest BCUT2D eigenvalue weighted by Crippen LogP contribution is -2.51. The minimum Gasteiger partial charge on any atom is -0.494 e. The van der Waals surface area contributed by atoms with Crippen LogP contribution in [0.25, 0.3) is 0 Å². The second-order valence-electron chi connectivity index (χ2n) is 8.59. The number of benzene rings is 3. The quantitative estimate of drug-likeness (QED) is 0.314. The Bertz CT molecular complexity index is 1390. The van der Waals surface area contributed by atoms with Gasteiger partial charge in [-0.15, -0.1) is 0 Å². The molecule has 0 aliphatic carbocycles. The maximum absolute atomic E-state index is 13.8. The smallest absolute Gasteiger partial charge is 0.264 e. The van der Waals surface area contributed by atoms with Crippen molar-refractivity contribution >= 4 is 50.7 Å². The molecule has 0 radical (unpaired) electrons. The van der Waals surface area contributed by atoms with E-state index in [0.717, 1.165) is 4.31 Å². The number of hydrogen-bond donors (Lipinski definition) is 1. The van der Waals surface area contributed by atoms with Crippen LogP contribution in [0.15, 0.2) is 77.7 Å². The van der Waals surface area contributed by atoms with E-state index in [4.69, 9.17) is 27.9 Å². The van der Waals surface area contributed by atoms with Crippen LogP contribution in [0.5, 0.6) is 5.75 Å². The van der Waals surface area contributed by atoms with Crippen molar-refractivity contribution in [2.45, 2.75) is 38.3 Å². The van der Waals surface area contributed by atoms with Crippen LogP contribution in [0.3, 0.4) is 0 Å². The highest BCUT2D eigenvalue weighted by atomic mass is 35.5. The summed E-state index contributed by atoms with van der Waals surface area (Å²) in [6.07, 6.45) is 0. The van der Waals surface area contributed by atoms with Crippen LogP contribution in [-0.4, -0.2) is 50.9 Å². The van der Waals surface area contributed by atoms with E-state index < -0.39 is 28.5 Å². The molecule has 0 bridgehead atoms. The number of anilines is 1. The Morgan fingerprint density at radius 2 is 1.62 bits per heavy atom. The van der Waals surface area contributed by atoms with Gasteiger partial charge < -0.3 is 15.0 Å². The Kier molecular flexibility index (Phi) is 10.6. The van der Waals surface area contributed by atoms with Crippen LogP contribution in [0, 0.1) is 0 Å². The number of likely N-dealkylation sites (N-methyl/N-ethyl adjacent to an activating group) is 1. The van der Waals surface area contributed by atoms with Gasteiger partial charge in [-0.2, -0.15) is 0 Å². The lowest BCUT2D eigenvalue weighted by atomic mass is 10.1. The second-order valence-corrected chi connectivity index (χ2v) is 11.3. The van der Waals surface area contributed by atoms with E-state index in [2.05, 4.69) is 5.32 Å². The number of carbonyl (C=O) groups is 2. The normalized spacial score (nSPS) is 11.9. The summed E-state index contributed by atoms with van der Waals surface area (Å²) in [6.45, 7) is 5.50. The number of nitrogens with zero attached hydrogens (tertiary/aromatic N) is 2. The number of rotatable bonds is 12. The molecular formula is C28H31Cl2N3O5S. The van der Waals surface area contributed by atoms with Gasteiger partial charge in [-0.05, 0) is 74.9 Å². The van der Waals surface area contributed by atoms with Crippen LogP contribution in [-0.2, 0) is 26.2 Å². The van der Waals surface area contributed by atoms with Gasteiger partial charge in [-0.3, -0.25) is 13.9 Å². The van der Waals surface area contributed by atoms with Crippen molar-refractivity contribution in [2.24, 2.45) is 0 Å². The molecule has 0 aliphatic heterocycles. The van der Waals surface area contributed by atoms with E-state index in [9.17, 15) is 18.0 Å². The van der Waals surface area contributed by atoms with Crippen LogP contribution in [0.2, 0.25) is 10.0 Å². The molecule has 0 unspecified atom stereocenters. The van der Waals surface area contributed by atoms with Crippen molar-refractivity contribution < 1.29 is 22.7 Å². The van der Waals surface area contributed by atoms with Gasteiger partial charge >= 0.3 is 0 Å². The summed E-state index contributed by atoms with van der Waals surface area (Å²) in [7, 11) is -4.14. The van der Waals surface area contributed by atoms with Crippen LogP contribution in [0.4, 0.5) is 5.69 Å². The molecule has 39 heavy (non-hydrogen) atoms. The van der Waals surface area contributed by atoms with Crippen molar-refractivity contribution in [3.8, 4) is 5.75 Å². The molecule has 2 amide bonds. The first kappa shape index (κ1) is 30.3. The summed E-state index contributed by atoms with van der Waals surface area (Å²) >= 11 is 12.2. The largest absolute Gasteiger partial charge is 0.494 e. The minimum atomic E-state index is -4.14. The second kappa shape index (κ2) is 13.7. The third-order valence-corrected chi connectivity index (χ3v) is 8.43. The average molecular weight is 593 g/mol. The molecular weight excluding hydrogens is 561 g/mol. The maximum atomic E-state index is 13.8. The Morgan fingerprint density at radius 1 is 0.949 bits per heavy atom. The fraction of sp³-hybridized carbons (Fsp3) is 0.286. The zero-order chi connectivity index (χ0) is 28.6. The summed E-state index contributed by atoms with van der Waals surface area (Å²) in [5, 5.41) is 3.37. The predicted molar refractivity (Wildman–Crippen MR) is 154 cm³/mol. The zero-order valence-corrected chi connectivity index (χ0v) is 24.3. The average Bonchev–Trinajstić information content (AvgIpc) is 2.93. The van der Waals surface area contributed by atoms with Gasteiger partial charge in [-0.25, -0.2) is 8.42 Å². The Balaban J connectivity index is 2.02. The third kappa shape index (κ3) is 7.65. The highest BCUT2D eigenvalue weighted by Crippen LogP contribution is 2.27. The van der Waals surface area contributed by atoms with Gasteiger partial charge in [0.25, 0.3) is 10.0 Å². The standard InChI is InChI=1S/C28H31Cl2N3O5S/c1-4-31-28(35)20(3)32(18-21-11-16-25(29)26(30)17-21)27(34)19-33(22-12-14-23(15-13-22)38-5-2)39(36,37)24-9-7-6-8-10-24/h6-17,20H,4-5,18-19H2,1-3H3,(H,31,35)/t20-/m0/s1. The van der Waals surface area contributed by atoms with Crippen LogP contribution in [0.1, 0.15) is 26.3 Å². The monoisotopic (exact) mass is 591 g/mol. The van der Waals surface area contributed by atoms with E-state index in [0.29, 0.717) is 34.5 Å². The fourth-order valence-electron chi connectivity index (χ4n) is 3.86. The highest BCUT2D eigenvalue weighted by Gasteiger charge is 2.32. The molecule has 11 heteroatoms. The highest BCUT2D eigenvalue weighted by molar-refractivity contribution is 7.92. The zero-order valence-electron chi connectivity index (χ0n) is 21.9. The number of amides is 2.